The molecule has 34 heavy (non-hydrogen) atoms. The molecular weight excluding hydrogens is 431 g/mol. The number of rotatable bonds is 10. The van der Waals surface area contributed by atoms with Gasteiger partial charge >= 0.3 is 5.97 Å². The Labute approximate surface area is 198 Å². The van der Waals surface area contributed by atoms with E-state index in [4.69, 9.17) is 10.1 Å². The fourth-order valence-electron chi connectivity index (χ4n) is 4.42. The second-order valence-corrected chi connectivity index (χ2v) is 8.78. The van der Waals surface area contributed by atoms with Crippen molar-refractivity contribution in [2.75, 3.05) is 0 Å². The number of nitrogens with zero attached hydrogens (tertiary/aromatic N) is 4. The zero-order valence-corrected chi connectivity index (χ0v) is 19.3. The normalized spacial score (nSPS) is 16.3. The molecule has 2 atom stereocenters. The van der Waals surface area contributed by atoms with Crippen LogP contribution in [-0.2, 0) is 11.3 Å². The molecule has 176 valence electrons. The molecule has 0 saturated heterocycles. The summed E-state index contributed by atoms with van der Waals surface area (Å²) in [7, 11) is 0. The van der Waals surface area contributed by atoms with Crippen molar-refractivity contribution in [2.45, 2.75) is 51.5 Å². The van der Waals surface area contributed by atoms with Crippen molar-refractivity contribution >= 4 is 5.97 Å². The highest BCUT2D eigenvalue weighted by molar-refractivity contribution is 5.67. The van der Waals surface area contributed by atoms with E-state index in [0.717, 1.165) is 47.9 Å². The summed E-state index contributed by atoms with van der Waals surface area (Å²) in [6, 6.07) is 11.9. The summed E-state index contributed by atoms with van der Waals surface area (Å²) >= 11 is 0. The number of carboxylic acids is 1. The summed E-state index contributed by atoms with van der Waals surface area (Å²) < 4.78 is 16.0. The largest absolute Gasteiger partial charge is 0.481 e. The Morgan fingerprint density at radius 3 is 2.74 bits per heavy atom. The van der Waals surface area contributed by atoms with Crippen LogP contribution in [0.4, 0.5) is 4.39 Å². The Balaban J connectivity index is 1.75. The van der Waals surface area contributed by atoms with Crippen LogP contribution in [0.25, 0.3) is 22.8 Å². The lowest BCUT2D eigenvalue weighted by molar-refractivity contribution is -0.137. The third-order valence-corrected chi connectivity index (χ3v) is 6.10. The molecule has 1 N–H and O–H groups in total. The number of halogens is 1. The van der Waals surface area contributed by atoms with Crippen LogP contribution < -0.4 is 0 Å². The molecule has 0 bridgehead atoms. The summed E-state index contributed by atoms with van der Waals surface area (Å²) in [5.74, 6) is 0.150. The number of aliphatic carboxylic acids is 1. The predicted octanol–water partition coefficient (Wildman–Crippen LogP) is 6.19. The molecular formula is C27H29FN4O2. The van der Waals surface area contributed by atoms with Gasteiger partial charge in [0.1, 0.15) is 23.7 Å². The van der Waals surface area contributed by atoms with Crippen LogP contribution in [0, 0.1) is 5.92 Å². The topological polar surface area (TPSA) is 80.9 Å². The molecule has 3 aromatic rings. The zero-order chi connectivity index (χ0) is 23.9. The molecule has 2 heterocycles. The molecule has 0 radical (unpaired) electrons. The molecule has 0 saturated carbocycles. The van der Waals surface area contributed by atoms with Gasteiger partial charge in [0, 0.05) is 30.6 Å². The Morgan fingerprint density at radius 2 is 2.06 bits per heavy atom. The van der Waals surface area contributed by atoms with E-state index in [9.17, 15) is 9.18 Å². The molecule has 0 fully saturated rings. The van der Waals surface area contributed by atoms with Gasteiger partial charge in [-0.2, -0.15) is 0 Å². The number of imidazole rings is 1. The zero-order valence-electron chi connectivity index (χ0n) is 19.3. The number of unbranched alkanes of at least 4 members (excludes halogenated alkanes) is 1. The highest BCUT2D eigenvalue weighted by Crippen LogP contribution is 2.38. The van der Waals surface area contributed by atoms with E-state index in [0.29, 0.717) is 18.8 Å². The van der Waals surface area contributed by atoms with Crippen molar-refractivity contribution in [3.8, 4) is 22.8 Å². The van der Waals surface area contributed by atoms with Crippen LogP contribution in [0.1, 0.15) is 50.6 Å². The van der Waals surface area contributed by atoms with E-state index >= 15 is 0 Å². The Morgan fingerprint density at radius 1 is 1.24 bits per heavy atom. The first-order valence-corrected chi connectivity index (χ1v) is 11.7. The van der Waals surface area contributed by atoms with Crippen LogP contribution in [0.2, 0.25) is 0 Å². The van der Waals surface area contributed by atoms with Gasteiger partial charge in [-0.3, -0.25) is 4.79 Å². The maximum absolute atomic E-state index is 13.8. The molecule has 0 spiro atoms. The Hall–Kier alpha value is -3.61. The quantitative estimate of drug-likeness (QED) is 0.365. The van der Waals surface area contributed by atoms with Gasteiger partial charge in [-0.15, -0.1) is 0 Å². The van der Waals surface area contributed by atoms with Crippen LogP contribution in [0.3, 0.4) is 0 Å². The first-order valence-electron chi connectivity index (χ1n) is 11.7. The molecule has 1 aliphatic carbocycles. The number of benzene rings is 1. The van der Waals surface area contributed by atoms with Gasteiger partial charge in [0.05, 0.1) is 11.4 Å². The minimum absolute atomic E-state index is 0.0337. The average Bonchev–Trinajstić information content (AvgIpc) is 3.22. The second kappa shape index (κ2) is 11.0. The Bertz CT molecular complexity index is 1170. The van der Waals surface area contributed by atoms with Crippen molar-refractivity contribution in [3.63, 3.8) is 0 Å². The third-order valence-electron chi connectivity index (χ3n) is 6.10. The number of hydrogen-bond acceptors (Lipinski definition) is 4. The number of allylic oxidation sites excluding steroid dienone is 4. The first-order chi connectivity index (χ1) is 16.5. The van der Waals surface area contributed by atoms with Gasteiger partial charge in [0.2, 0.25) is 0 Å². The van der Waals surface area contributed by atoms with Crippen LogP contribution in [0.5, 0.6) is 0 Å². The van der Waals surface area contributed by atoms with Crippen molar-refractivity contribution in [1.82, 2.24) is 19.5 Å². The average molecular weight is 461 g/mol. The van der Waals surface area contributed by atoms with Crippen LogP contribution in [0.15, 0.2) is 73.0 Å². The molecule has 6 nitrogen and oxygen atoms in total. The van der Waals surface area contributed by atoms with E-state index < -0.39 is 5.97 Å². The molecule has 7 heteroatoms. The Kier molecular flexibility index (Phi) is 7.62. The minimum Gasteiger partial charge on any atom is -0.481 e. The maximum atomic E-state index is 13.8. The third kappa shape index (κ3) is 5.65. The summed E-state index contributed by atoms with van der Waals surface area (Å²) in [6.07, 6.45) is 11.4. The fourth-order valence-corrected chi connectivity index (χ4v) is 4.42. The highest BCUT2D eigenvalue weighted by Gasteiger charge is 2.27. The van der Waals surface area contributed by atoms with Gasteiger partial charge in [0.15, 0.2) is 0 Å². The molecule has 0 aliphatic heterocycles. The smallest absolute Gasteiger partial charge is 0.303 e. The molecule has 0 unspecified atom stereocenters. The van der Waals surface area contributed by atoms with Gasteiger partial charge < -0.3 is 9.67 Å². The lowest BCUT2D eigenvalue weighted by atomic mass is 9.93. The standard InChI is InChI=1S/C27H29FN4O2/c1-19(7-5-6-10-24(33)34)17-32-26(20-11-13-22(28)14-12-20)25(23-15-16-29-18-30-23)31-27(32)21-8-3-2-4-9-21/h2-4,8-9,11,13-16,18-20H,5-7,10,12,17H2,1H3,(H,33,34)/t19-,20-/m0/s1. The van der Waals surface area contributed by atoms with E-state index in [1.807, 2.05) is 42.5 Å². The maximum Gasteiger partial charge on any atom is 0.303 e. The molecule has 1 aliphatic rings. The number of aromatic nitrogens is 4. The van der Waals surface area contributed by atoms with Crippen molar-refractivity contribution in [1.29, 1.82) is 0 Å². The minimum atomic E-state index is -0.755. The first kappa shape index (κ1) is 23.5. The van der Waals surface area contributed by atoms with Gasteiger partial charge in [-0.1, -0.05) is 49.8 Å². The van der Waals surface area contributed by atoms with E-state index in [1.165, 1.54) is 12.4 Å². The number of carbonyl (C=O) groups is 1. The number of carboxylic acid groups (broad SMARTS) is 1. The van der Waals surface area contributed by atoms with Crippen LogP contribution in [-0.4, -0.2) is 30.6 Å². The fraction of sp³-hybridized carbons (Fsp3) is 0.333. The second-order valence-electron chi connectivity index (χ2n) is 8.78. The molecule has 2 aromatic heterocycles. The van der Waals surface area contributed by atoms with E-state index in [1.54, 1.807) is 12.3 Å². The van der Waals surface area contributed by atoms with Gasteiger partial charge in [-0.25, -0.2) is 19.3 Å². The number of hydrogen-bond donors (Lipinski definition) is 1. The van der Waals surface area contributed by atoms with E-state index in [-0.39, 0.29) is 18.2 Å². The summed E-state index contributed by atoms with van der Waals surface area (Å²) in [4.78, 5) is 24.4. The lowest BCUT2D eigenvalue weighted by Gasteiger charge is -2.22. The van der Waals surface area contributed by atoms with Crippen LogP contribution >= 0.6 is 0 Å². The summed E-state index contributed by atoms with van der Waals surface area (Å²) in [5, 5.41) is 8.93. The monoisotopic (exact) mass is 460 g/mol. The van der Waals surface area contributed by atoms with Crippen molar-refractivity contribution in [2.24, 2.45) is 5.92 Å². The predicted molar refractivity (Wildman–Crippen MR) is 130 cm³/mol. The van der Waals surface area contributed by atoms with Gasteiger partial charge in [-0.05, 0) is 43.4 Å². The van der Waals surface area contributed by atoms with Gasteiger partial charge in [0.25, 0.3) is 0 Å². The van der Waals surface area contributed by atoms with Crippen molar-refractivity contribution < 1.29 is 14.3 Å². The molecule has 1 aromatic carbocycles. The van der Waals surface area contributed by atoms with Crippen molar-refractivity contribution in [3.05, 3.63) is 78.7 Å². The summed E-state index contributed by atoms with van der Waals surface area (Å²) in [6.45, 7) is 2.90. The summed E-state index contributed by atoms with van der Waals surface area (Å²) in [5.41, 5.74) is 3.53. The van der Waals surface area contributed by atoms with E-state index in [2.05, 4.69) is 21.5 Å². The highest BCUT2D eigenvalue weighted by atomic mass is 19.1. The lowest BCUT2D eigenvalue weighted by Crippen LogP contribution is -2.15. The SMILES string of the molecule is C[C@@H](CCCCC(=O)O)Cn1c(-c2ccccc2)nc(-c2ccncn2)c1[C@H]1C=CC(F)=CC1. The molecule has 4 rings (SSSR count). The molecule has 0 amide bonds.